The van der Waals surface area contributed by atoms with Crippen molar-refractivity contribution in [1.82, 2.24) is 0 Å². The lowest BCUT2D eigenvalue weighted by Crippen LogP contribution is -2.12. The van der Waals surface area contributed by atoms with Crippen LogP contribution in [0.5, 0.6) is 0 Å². The van der Waals surface area contributed by atoms with Crippen LogP contribution in [-0.4, -0.2) is 19.0 Å². The van der Waals surface area contributed by atoms with Crippen LogP contribution in [0.1, 0.15) is 26.3 Å². The van der Waals surface area contributed by atoms with Gasteiger partial charge >= 0.3 is 5.97 Å². The number of benzene rings is 2. The molecule has 5 nitrogen and oxygen atoms in total. The van der Waals surface area contributed by atoms with Gasteiger partial charge in [-0.1, -0.05) is 18.2 Å². The predicted octanol–water partition coefficient (Wildman–Crippen LogP) is 2.18. The fourth-order valence-electron chi connectivity index (χ4n) is 1.84. The number of hydrogen-bond acceptors (Lipinski definition) is 4. The Morgan fingerprint density at radius 2 is 1.81 bits per heavy atom. The first-order chi connectivity index (χ1) is 10.1. The zero-order valence-electron chi connectivity index (χ0n) is 11.6. The Labute approximate surface area is 122 Å². The van der Waals surface area contributed by atoms with Crippen molar-refractivity contribution >= 4 is 17.6 Å². The second kappa shape index (κ2) is 6.67. The number of esters is 1. The molecular weight excluding hydrogens is 268 g/mol. The molecule has 2 aromatic carbocycles. The Morgan fingerprint density at radius 1 is 1.10 bits per heavy atom. The van der Waals surface area contributed by atoms with E-state index in [1.807, 2.05) is 0 Å². The number of nitrogens with one attached hydrogen (secondary N) is 1. The molecule has 0 atom stereocenters. The Hall–Kier alpha value is -2.66. The van der Waals surface area contributed by atoms with E-state index in [0.29, 0.717) is 23.4 Å². The molecule has 0 aliphatic carbocycles. The van der Waals surface area contributed by atoms with E-state index in [4.69, 9.17) is 5.73 Å². The summed E-state index contributed by atoms with van der Waals surface area (Å²) < 4.78 is 4.64. The third kappa shape index (κ3) is 3.67. The first-order valence-electron chi connectivity index (χ1n) is 6.43. The topological polar surface area (TPSA) is 81.4 Å². The van der Waals surface area contributed by atoms with Crippen molar-refractivity contribution in [3.8, 4) is 0 Å². The molecule has 2 rings (SSSR count). The second-order valence-corrected chi connectivity index (χ2v) is 4.43. The van der Waals surface area contributed by atoms with Crippen molar-refractivity contribution < 1.29 is 14.3 Å². The minimum Gasteiger partial charge on any atom is -0.465 e. The number of ether oxygens (including phenoxy) is 1. The van der Waals surface area contributed by atoms with Crippen molar-refractivity contribution in [3.05, 3.63) is 65.2 Å². The first kappa shape index (κ1) is 14.7. The van der Waals surface area contributed by atoms with Crippen molar-refractivity contribution in [3.63, 3.8) is 0 Å². The standard InChI is InChI=1S/C16H16N2O3/c1-21-16(20)13-3-2-4-14(9-13)18-15(19)12-7-5-11(10-17)6-8-12/h2-9H,10,17H2,1H3,(H,18,19). The van der Waals surface area contributed by atoms with Gasteiger partial charge in [-0.05, 0) is 35.9 Å². The van der Waals surface area contributed by atoms with Crippen LogP contribution in [0.4, 0.5) is 5.69 Å². The molecule has 0 spiro atoms. The third-order valence-corrected chi connectivity index (χ3v) is 2.99. The summed E-state index contributed by atoms with van der Waals surface area (Å²) >= 11 is 0. The van der Waals surface area contributed by atoms with Gasteiger partial charge < -0.3 is 15.8 Å². The Morgan fingerprint density at radius 3 is 2.43 bits per heavy atom. The number of nitrogens with two attached hydrogens (primary N) is 1. The van der Waals surface area contributed by atoms with Crippen molar-refractivity contribution in [2.45, 2.75) is 6.54 Å². The minimum absolute atomic E-state index is 0.249. The Kier molecular flexibility index (Phi) is 4.68. The molecule has 21 heavy (non-hydrogen) atoms. The van der Waals surface area contributed by atoms with Crippen LogP contribution in [0.3, 0.4) is 0 Å². The van der Waals surface area contributed by atoms with Gasteiger partial charge in [0.15, 0.2) is 0 Å². The molecule has 0 fully saturated rings. The monoisotopic (exact) mass is 284 g/mol. The molecule has 0 saturated heterocycles. The van der Waals surface area contributed by atoms with Gasteiger partial charge in [-0.2, -0.15) is 0 Å². The molecule has 5 heteroatoms. The predicted molar refractivity (Wildman–Crippen MR) is 80.1 cm³/mol. The normalized spacial score (nSPS) is 10.0. The Bertz CT molecular complexity index is 651. The summed E-state index contributed by atoms with van der Waals surface area (Å²) in [5.41, 5.74) is 7.91. The molecule has 0 unspecified atom stereocenters. The van der Waals surface area contributed by atoms with E-state index < -0.39 is 5.97 Å². The minimum atomic E-state index is -0.446. The molecular formula is C16H16N2O3. The maximum absolute atomic E-state index is 12.1. The summed E-state index contributed by atoms with van der Waals surface area (Å²) in [4.78, 5) is 23.6. The molecule has 1 amide bonds. The smallest absolute Gasteiger partial charge is 0.337 e. The average molecular weight is 284 g/mol. The molecule has 108 valence electrons. The van der Waals surface area contributed by atoms with Gasteiger partial charge in [0.25, 0.3) is 5.91 Å². The third-order valence-electron chi connectivity index (χ3n) is 2.99. The first-order valence-corrected chi connectivity index (χ1v) is 6.43. The van der Waals surface area contributed by atoms with Gasteiger partial charge in [0.2, 0.25) is 0 Å². The highest BCUT2D eigenvalue weighted by Crippen LogP contribution is 2.13. The number of carbonyl (C=O) groups excluding carboxylic acids is 2. The van der Waals surface area contributed by atoms with E-state index >= 15 is 0 Å². The van der Waals surface area contributed by atoms with Crippen LogP contribution in [0.2, 0.25) is 0 Å². The summed E-state index contributed by atoms with van der Waals surface area (Å²) in [6.07, 6.45) is 0. The molecule has 0 radical (unpaired) electrons. The van der Waals surface area contributed by atoms with Gasteiger partial charge in [0, 0.05) is 17.8 Å². The summed E-state index contributed by atoms with van der Waals surface area (Å²) in [5.74, 6) is -0.695. The van der Waals surface area contributed by atoms with Crippen molar-refractivity contribution in [1.29, 1.82) is 0 Å². The van der Waals surface area contributed by atoms with Crippen LogP contribution >= 0.6 is 0 Å². The second-order valence-electron chi connectivity index (χ2n) is 4.43. The summed E-state index contributed by atoms with van der Waals surface area (Å²) in [5, 5.41) is 2.74. The van der Waals surface area contributed by atoms with E-state index in [1.165, 1.54) is 7.11 Å². The van der Waals surface area contributed by atoms with Crippen LogP contribution in [0.15, 0.2) is 48.5 Å². The average Bonchev–Trinajstić information content (AvgIpc) is 2.54. The summed E-state index contributed by atoms with van der Waals surface area (Å²) in [7, 11) is 1.31. The van der Waals surface area contributed by atoms with Crippen molar-refractivity contribution in [2.75, 3.05) is 12.4 Å². The highest BCUT2D eigenvalue weighted by molar-refractivity contribution is 6.04. The zero-order chi connectivity index (χ0) is 15.2. The molecule has 0 heterocycles. The van der Waals surface area contributed by atoms with Gasteiger partial charge in [-0.25, -0.2) is 4.79 Å². The molecule has 0 aromatic heterocycles. The van der Waals surface area contributed by atoms with E-state index in [9.17, 15) is 9.59 Å². The maximum Gasteiger partial charge on any atom is 0.337 e. The van der Waals surface area contributed by atoms with E-state index in [-0.39, 0.29) is 5.91 Å². The summed E-state index contributed by atoms with van der Waals surface area (Å²) in [6, 6.07) is 13.6. The molecule has 0 aliphatic rings. The molecule has 0 saturated carbocycles. The lowest BCUT2D eigenvalue weighted by molar-refractivity contribution is 0.0600. The highest BCUT2D eigenvalue weighted by atomic mass is 16.5. The van der Waals surface area contributed by atoms with Crippen LogP contribution in [0.25, 0.3) is 0 Å². The number of anilines is 1. The maximum atomic E-state index is 12.1. The fourth-order valence-corrected chi connectivity index (χ4v) is 1.84. The van der Waals surface area contributed by atoms with Gasteiger partial charge in [0.05, 0.1) is 12.7 Å². The largest absolute Gasteiger partial charge is 0.465 e. The van der Waals surface area contributed by atoms with E-state index in [2.05, 4.69) is 10.1 Å². The molecule has 0 bridgehead atoms. The highest BCUT2D eigenvalue weighted by Gasteiger charge is 2.09. The van der Waals surface area contributed by atoms with Gasteiger partial charge in [0.1, 0.15) is 0 Å². The molecule has 2 aromatic rings. The van der Waals surface area contributed by atoms with Gasteiger partial charge in [-0.3, -0.25) is 4.79 Å². The Balaban J connectivity index is 2.13. The number of methoxy groups -OCH3 is 1. The van der Waals surface area contributed by atoms with Crippen LogP contribution in [0, 0.1) is 0 Å². The number of amides is 1. The SMILES string of the molecule is COC(=O)c1cccc(NC(=O)c2ccc(CN)cc2)c1. The lowest BCUT2D eigenvalue weighted by atomic mass is 10.1. The zero-order valence-corrected chi connectivity index (χ0v) is 11.6. The van der Waals surface area contributed by atoms with E-state index in [0.717, 1.165) is 5.56 Å². The number of carbonyl (C=O) groups is 2. The van der Waals surface area contributed by atoms with Gasteiger partial charge in [-0.15, -0.1) is 0 Å². The number of rotatable bonds is 4. The quantitative estimate of drug-likeness (QED) is 0.843. The summed E-state index contributed by atoms with van der Waals surface area (Å²) in [6.45, 7) is 0.434. The fraction of sp³-hybridized carbons (Fsp3) is 0.125. The van der Waals surface area contributed by atoms with Crippen LogP contribution in [-0.2, 0) is 11.3 Å². The molecule has 0 aliphatic heterocycles. The lowest BCUT2D eigenvalue weighted by Gasteiger charge is -2.07. The molecule has 3 N–H and O–H groups in total. The van der Waals surface area contributed by atoms with E-state index in [1.54, 1.807) is 48.5 Å². The number of hydrogen-bond donors (Lipinski definition) is 2. The van der Waals surface area contributed by atoms with Crippen molar-refractivity contribution in [2.24, 2.45) is 5.73 Å². The van der Waals surface area contributed by atoms with Crippen LogP contribution < -0.4 is 11.1 Å².